The van der Waals surface area contributed by atoms with Gasteiger partial charge in [-0.3, -0.25) is 9.36 Å². The lowest BCUT2D eigenvalue weighted by atomic mass is 10.0. The second-order valence-corrected chi connectivity index (χ2v) is 25.9. The Morgan fingerprint density at radius 2 is 0.802 bits per heavy atom. The van der Waals surface area contributed by atoms with Crippen LogP contribution in [0, 0.1) is 27.7 Å². The number of nitrogens with two attached hydrogens (primary N) is 5. The van der Waals surface area contributed by atoms with Crippen LogP contribution in [0.25, 0.3) is 154 Å². The number of rotatable bonds is 6. The molecular formula is C73H69N31OS. The van der Waals surface area contributed by atoms with Crippen LogP contribution in [0.3, 0.4) is 0 Å². The number of anilines is 5. The summed E-state index contributed by atoms with van der Waals surface area (Å²) in [6.45, 7) is 7.83. The average molecular weight is 1430 g/mol. The summed E-state index contributed by atoms with van der Waals surface area (Å²) in [6.07, 6.45) is 9.02. The molecule has 528 valence electrons. The molecular weight excluding hydrogens is 1360 g/mol. The highest BCUT2D eigenvalue weighted by atomic mass is 32.1. The largest absolute Gasteiger partial charge is 0.497 e. The number of nitrogen functional groups attached to an aromatic ring is 5. The van der Waals surface area contributed by atoms with Gasteiger partial charge < -0.3 is 33.4 Å². The summed E-state index contributed by atoms with van der Waals surface area (Å²) in [6, 6.07) is 32.7. The number of ether oxygens (including phenoxy) is 1. The third-order valence-corrected chi connectivity index (χ3v) is 19.3. The van der Waals surface area contributed by atoms with E-state index in [9.17, 15) is 0 Å². The number of thiophene rings is 1. The number of hydrogen-bond donors (Lipinski definition) is 5. The van der Waals surface area contributed by atoms with Crippen molar-refractivity contribution in [3.63, 3.8) is 0 Å². The number of aryl methyl sites for hydroxylation is 11. The Bertz CT molecular complexity index is 6640. The van der Waals surface area contributed by atoms with Crippen molar-refractivity contribution < 1.29 is 4.74 Å². The van der Waals surface area contributed by atoms with Crippen molar-refractivity contribution >= 4 is 138 Å². The molecule has 0 amide bonds. The Hall–Kier alpha value is -14.1. The normalized spacial score (nSPS) is 11.4. The van der Waals surface area contributed by atoms with E-state index in [1.165, 1.54) is 41.7 Å². The summed E-state index contributed by atoms with van der Waals surface area (Å²) in [5.74, 6) is 3.76. The van der Waals surface area contributed by atoms with Gasteiger partial charge in [0, 0.05) is 115 Å². The van der Waals surface area contributed by atoms with Gasteiger partial charge in [-0.15, -0.1) is 11.3 Å². The van der Waals surface area contributed by atoms with Crippen molar-refractivity contribution in [2.75, 3.05) is 35.8 Å². The van der Waals surface area contributed by atoms with Gasteiger partial charge in [-0.1, -0.05) is 60.7 Å². The van der Waals surface area contributed by atoms with E-state index in [1.807, 2.05) is 140 Å². The second kappa shape index (κ2) is 27.0. The van der Waals surface area contributed by atoms with E-state index in [0.717, 1.165) is 161 Å². The van der Waals surface area contributed by atoms with Crippen molar-refractivity contribution in [2.24, 2.45) is 49.3 Å². The predicted molar refractivity (Wildman–Crippen MR) is 413 cm³/mol. The maximum absolute atomic E-state index is 6.04. The van der Waals surface area contributed by atoms with E-state index in [1.54, 1.807) is 48.1 Å². The van der Waals surface area contributed by atoms with E-state index >= 15 is 0 Å². The minimum absolute atomic E-state index is 0.410. The molecule has 0 saturated carbocycles. The first-order valence-electron chi connectivity index (χ1n) is 33.0. The van der Waals surface area contributed by atoms with Gasteiger partial charge >= 0.3 is 0 Å². The van der Waals surface area contributed by atoms with Crippen LogP contribution in [0.15, 0.2) is 140 Å². The van der Waals surface area contributed by atoms with Crippen molar-refractivity contribution in [3.8, 4) is 62.0 Å². The maximum Gasteiger partial charge on any atom is 0.163 e. The molecule has 0 radical (unpaired) electrons. The summed E-state index contributed by atoms with van der Waals surface area (Å²) in [5.41, 5.74) is 47.4. The van der Waals surface area contributed by atoms with Crippen LogP contribution in [0.5, 0.6) is 5.75 Å². The van der Waals surface area contributed by atoms with Crippen molar-refractivity contribution in [2.45, 2.75) is 27.7 Å². The molecule has 0 bridgehead atoms. The van der Waals surface area contributed by atoms with Crippen molar-refractivity contribution in [3.05, 3.63) is 163 Å². The summed E-state index contributed by atoms with van der Waals surface area (Å²) >= 11 is 1.70. The van der Waals surface area contributed by atoms with E-state index in [-0.39, 0.29) is 0 Å². The molecule has 0 spiro atoms. The van der Waals surface area contributed by atoms with Crippen LogP contribution < -0.4 is 33.4 Å². The van der Waals surface area contributed by atoms with Gasteiger partial charge in [0.1, 0.15) is 101 Å². The van der Waals surface area contributed by atoms with Gasteiger partial charge in [0.25, 0.3) is 0 Å². The van der Waals surface area contributed by atoms with Crippen LogP contribution in [0.1, 0.15) is 22.9 Å². The van der Waals surface area contributed by atoms with Crippen LogP contribution in [-0.2, 0) is 49.3 Å². The van der Waals surface area contributed by atoms with Gasteiger partial charge in [0.2, 0.25) is 0 Å². The molecule has 0 aliphatic carbocycles. The van der Waals surface area contributed by atoms with E-state index < -0.39 is 0 Å². The number of benzene rings is 5. The van der Waals surface area contributed by atoms with E-state index in [0.29, 0.717) is 40.4 Å². The number of nitrogens with zero attached hydrogens (tertiary/aromatic N) is 26. The maximum atomic E-state index is 6.04. The minimum Gasteiger partial charge on any atom is -0.497 e. The highest BCUT2D eigenvalue weighted by Crippen LogP contribution is 2.40. The number of aromatic nitrogens is 26. The Kier molecular flexibility index (Phi) is 17.3. The number of hydrogen-bond acceptors (Lipinski definition) is 26. The third-order valence-electron chi connectivity index (χ3n) is 18.4. The topological polar surface area (TPSA) is 419 Å². The molecule has 0 fully saturated rings. The zero-order chi connectivity index (χ0) is 74.1. The van der Waals surface area contributed by atoms with Crippen LogP contribution >= 0.6 is 11.3 Å². The molecule has 0 aliphatic rings. The Balaban J connectivity index is 0.000000106. The number of methoxy groups -OCH3 is 1. The van der Waals surface area contributed by atoms with Crippen molar-refractivity contribution in [1.29, 1.82) is 0 Å². The number of fused-ring (bicyclic) bond motifs is 9. The molecule has 33 heteroatoms. The summed E-state index contributed by atoms with van der Waals surface area (Å²) < 4.78 is 18.8. The minimum atomic E-state index is 0.410. The lowest BCUT2D eigenvalue weighted by Crippen LogP contribution is -1.96. The predicted octanol–water partition coefficient (Wildman–Crippen LogP) is 10.2. The van der Waals surface area contributed by atoms with E-state index in [4.69, 9.17) is 33.4 Å². The molecule has 14 aromatic heterocycles. The zero-order valence-corrected chi connectivity index (χ0v) is 60.4. The molecule has 14 heterocycles. The highest BCUT2D eigenvalue weighted by Gasteiger charge is 2.23. The van der Waals surface area contributed by atoms with Crippen LogP contribution in [0.4, 0.5) is 29.1 Å². The first-order chi connectivity index (χ1) is 51.1. The lowest BCUT2D eigenvalue weighted by molar-refractivity contribution is 0.415. The molecule has 10 N–H and O–H groups in total. The molecule has 5 aromatic carbocycles. The molecule has 19 rings (SSSR count). The van der Waals surface area contributed by atoms with E-state index in [2.05, 4.69) is 144 Å². The summed E-state index contributed by atoms with van der Waals surface area (Å²) in [5, 5.41) is 43.4. The molecule has 32 nitrogen and oxygen atoms in total. The zero-order valence-electron chi connectivity index (χ0n) is 59.6. The molecule has 106 heavy (non-hydrogen) atoms. The SMILES string of the molecule is COc1ccc2cc(-c3nn(C)c4ncnc(N)c34)ccc2c1.Cc1c2ccc(-c3nn(C)c4ncnc(N)c34)cc2nn1C.Cc1ncc(-c2nn(C)c3ncnc(N)c23)c(C)n1.Cc1nn(C)c2cc(-c3nn(C)c4ncnc(N)c34)ccc12.Cn1nc(-c2csc3ccccc23)c2c(N)ncnc21. The quantitative estimate of drug-likeness (QED) is 0.103. The molecule has 0 unspecified atom stereocenters. The fourth-order valence-electron chi connectivity index (χ4n) is 13.1. The Morgan fingerprint density at radius 1 is 0.368 bits per heavy atom. The summed E-state index contributed by atoms with van der Waals surface area (Å²) in [4.78, 5) is 50.2. The third kappa shape index (κ3) is 12.0. The van der Waals surface area contributed by atoms with Crippen molar-refractivity contribution in [1.82, 2.24) is 128 Å². The molecule has 0 aliphatic heterocycles. The first-order valence-corrected chi connectivity index (χ1v) is 33.9. The average Bonchev–Trinajstić information content (AvgIpc) is 1.61. The molecule has 19 aromatic rings. The highest BCUT2D eigenvalue weighted by molar-refractivity contribution is 7.17. The van der Waals surface area contributed by atoms with Crippen LogP contribution in [0.2, 0.25) is 0 Å². The first kappa shape index (κ1) is 67.7. The Morgan fingerprint density at radius 3 is 1.31 bits per heavy atom. The lowest BCUT2D eigenvalue weighted by Gasteiger charge is -2.05. The van der Waals surface area contributed by atoms with Crippen LogP contribution in [-0.4, -0.2) is 135 Å². The fourth-order valence-corrected chi connectivity index (χ4v) is 14.0. The second-order valence-electron chi connectivity index (χ2n) is 25.0. The standard InChI is InChI=1S/C17H15N5O.2C15H15N7.C14H11N5S.C12H13N7/c1-22-17-14(16(18)19-9-20-17)15(21-22)12-4-3-11-8-13(23-2)6-5-10(11)7-12;1-8-10-5-4-9(6-11(10)19-21(8)2)13-12-14(16)17-7-18-15(12)22(3)20-13;1-8-10-5-4-9(6-11(10)21(2)19-8)13-12-14(16)17-7-18-15(12)22(3)20-13;1-19-14-11(13(15)16-7-17-14)12(18-19)9-6-20-10-5-3-2-4-8(9)10;1-6-8(4-14-7(2)17-6)10-9-11(13)15-5-16-12(9)19(3)18-10/h3-9H,1-2H3,(H2,18,19,20);2*4-7H,1-3H3,(H2,16,17,18);2-7H,1H3,(H2,15,16,17);4-5H,1-3H3,(H2,13,15,16). The Labute approximate surface area is 606 Å². The molecule has 0 saturated heterocycles. The van der Waals surface area contributed by atoms with Gasteiger partial charge in [-0.05, 0) is 74.9 Å². The van der Waals surface area contributed by atoms with Gasteiger partial charge in [0.05, 0.1) is 56.5 Å². The summed E-state index contributed by atoms with van der Waals surface area (Å²) in [7, 11) is 14.8. The smallest absolute Gasteiger partial charge is 0.163 e. The fraction of sp³-hybridized carbons (Fsp3) is 0.164. The monoisotopic (exact) mass is 1430 g/mol. The van der Waals surface area contributed by atoms with Gasteiger partial charge in [0.15, 0.2) is 28.2 Å². The molecule has 0 atom stereocenters. The van der Waals surface area contributed by atoms with Gasteiger partial charge in [-0.25, -0.2) is 83.2 Å². The van der Waals surface area contributed by atoms with Gasteiger partial charge in [-0.2, -0.15) is 35.7 Å².